The lowest BCUT2D eigenvalue weighted by Crippen LogP contribution is -2.54. The smallest absolute Gasteiger partial charge is 0.408 e. The highest BCUT2D eigenvalue weighted by atomic mass is 16.6. The number of rotatable bonds is 5. The first-order valence-electron chi connectivity index (χ1n) is 14.5. The van der Waals surface area contributed by atoms with Crippen molar-refractivity contribution < 1.29 is 19.1 Å². The molecule has 1 aromatic heterocycles. The molecule has 218 valence electrons. The van der Waals surface area contributed by atoms with Gasteiger partial charge in [0, 0.05) is 63.2 Å². The average molecular weight is 559 g/mol. The Kier molecular flexibility index (Phi) is 7.62. The average Bonchev–Trinajstić information content (AvgIpc) is 3.41. The number of likely N-dealkylation sites (N-methyl/N-ethyl adjacent to an activating group) is 1. The van der Waals surface area contributed by atoms with Gasteiger partial charge in [-0.2, -0.15) is 0 Å². The molecule has 41 heavy (non-hydrogen) atoms. The Bertz CT molecular complexity index is 1460. The molecule has 2 heterocycles. The maximum Gasteiger partial charge on any atom is 0.408 e. The number of nitrogens with one attached hydrogen (secondary N) is 1. The Balaban J connectivity index is 1.37. The highest BCUT2D eigenvalue weighted by molar-refractivity contribution is 5.89. The van der Waals surface area contributed by atoms with Gasteiger partial charge in [-0.3, -0.25) is 9.59 Å². The Labute approximate surface area is 242 Å². The number of aryl methyl sites for hydroxylation is 1. The minimum absolute atomic E-state index is 0.106. The molecule has 8 nitrogen and oxygen atoms in total. The SMILES string of the molecule is CN(C)C(=O)C1CC2(CCN(C(=O)C(Cc3cn(C)c4ccccc34)NC(=O)OC(C)(C)C)CC2)c2ccccc21. The predicted octanol–water partition coefficient (Wildman–Crippen LogP) is 4.75. The number of alkyl carbamates (subject to hydrolysis) is 1. The van der Waals surface area contributed by atoms with E-state index in [0.717, 1.165) is 41.3 Å². The number of hydrogen-bond donors (Lipinski definition) is 1. The van der Waals surface area contributed by atoms with E-state index in [1.165, 1.54) is 5.56 Å². The maximum absolute atomic E-state index is 14.0. The lowest BCUT2D eigenvalue weighted by atomic mass is 9.73. The zero-order valence-electron chi connectivity index (χ0n) is 25.1. The predicted molar refractivity (Wildman–Crippen MR) is 160 cm³/mol. The van der Waals surface area contributed by atoms with Crippen LogP contribution in [0.25, 0.3) is 10.9 Å². The third kappa shape index (κ3) is 5.69. The Morgan fingerprint density at radius 2 is 1.71 bits per heavy atom. The maximum atomic E-state index is 14.0. The van der Waals surface area contributed by atoms with Crippen LogP contribution in [0.1, 0.15) is 62.6 Å². The standard InChI is InChI=1S/C33H42N4O4/c1-32(2,3)41-31(40)34-27(19-22-21-36(6)28-14-10-8-11-23(22)28)30(39)37-17-15-33(16-18-37)20-25(29(38)35(4)5)24-12-7-9-13-26(24)33/h7-14,21,25,27H,15-20H2,1-6H3,(H,34,40). The van der Waals surface area contributed by atoms with Gasteiger partial charge in [0.1, 0.15) is 11.6 Å². The summed E-state index contributed by atoms with van der Waals surface area (Å²) in [6.07, 6.45) is 4.12. The fourth-order valence-electron chi connectivity index (χ4n) is 6.73. The number of ether oxygens (including phenoxy) is 1. The minimum Gasteiger partial charge on any atom is -0.444 e. The fourth-order valence-corrected chi connectivity index (χ4v) is 6.73. The number of carbonyl (C=O) groups excluding carboxylic acids is 3. The first-order valence-corrected chi connectivity index (χ1v) is 14.5. The largest absolute Gasteiger partial charge is 0.444 e. The molecule has 1 fully saturated rings. The van der Waals surface area contributed by atoms with Crippen LogP contribution < -0.4 is 5.32 Å². The summed E-state index contributed by atoms with van der Waals surface area (Å²) in [4.78, 5) is 43.5. The van der Waals surface area contributed by atoms with E-state index in [0.29, 0.717) is 19.5 Å². The minimum atomic E-state index is -0.761. The zero-order chi connectivity index (χ0) is 29.5. The number of hydrogen-bond acceptors (Lipinski definition) is 4. The summed E-state index contributed by atoms with van der Waals surface area (Å²) in [7, 11) is 5.61. The second-order valence-corrected chi connectivity index (χ2v) is 12.9. The first-order chi connectivity index (χ1) is 19.4. The highest BCUT2D eigenvalue weighted by Crippen LogP contribution is 2.52. The monoisotopic (exact) mass is 558 g/mol. The number of aromatic nitrogens is 1. The Morgan fingerprint density at radius 3 is 2.39 bits per heavy atom. The number of fused-ring (bicyclic) bond motifs is 3. The van der Waals surface area contributed by atoms with Gasteiger partial charge in [0.2, 0.25) is 11.8 Å². The molecule has 2 unspecified atom stereocenters. The number of likely N-dealkylation sites (tertiary alicyclic amines) is 1. The van der Waals surface area contributed by atoms with Gasteiger partial charge >= 0.3 is 6.09 Å². The van der Waals surface area contributed by atoms with Gasteiger partial charge in [0.25, 0.3) is 0 Å². The van der Waals surface area contributed by atoms with E-state index in [-0.39, 0.29) is 23.1 Å². The second kappa shape index (κ2) is 10.9. The van der Waals surface area contributed by atoms with Crippen LogP contribution in [0, 0.1) is 0 Å². The van der Waals surface area contributed by atoms with Crippen molar-refractivity contribution in [2.24, 2.45) is 7.05 Å². The number of piperidine rings is 1. The molecule has 0 saturated carbocycles. The van der Waals surface area contributed by atoms with Crippen LogP contribution in [-0.2, 0) is 33.2 Å². The topological polar surface area (TPSA) is 83.9 Å². The lowest BCUT2D eigenvalue weighted by Gasteiger charge is -2.41. The fraction of sp³-hybridized carbons (Fsp3) is 0.485. The molecule has 1 spiro atoms. The van der Waals surface area contributed by atoms with Crippen molar-refractivity contribution in [1.82, 2.24) is 19.7 Å². The van der Waals surface area contributed by atoms with E-state index >= 15 is 0 Å². The van der Waals surface area contributed by atoms with E-state index in [9.17, 15) is 14.4 Å². The number of benzene rings is 2. The Hall–Kier alpha value is -3.81. The van der Waals surface area contributed by atoms with Crippen LogP contribution in [0.4, 0.5) is 4.79 Å². The van der Waals surface area contributed by atoms with E-state index in [4.69, 9.17) is 4.74 Å². The number of amides is 3. The third-order valence-electron chi connectivity index (χ3n) is 8.67. The zero-order valence-corrected chi connectivity index (χ0v) is 25.1. The number of carbonyl (C=O) groups is 3. The summed E-state index contributed by atoms with van der Waals surface area (Å²) in [6, 6.07) is 15.6. The second-order valence-electron chi connectivity index (χ2n) is 12.9. The van der Waals surface area contributed by atoms with E-state index in [1.54, 1.807) is 4.90 Å². The van der Waals surface area contributed by atoms with Crippen molar-refractivity contribution in [1.29, 1.82) is 0 Å². The van der Waals surface area contributed by atoms with Gasteiger partial charge in [-0.05, 0) is 62.8 Å². The quantitative estimate of drug-likeness (QED) is 0.490. The molecule has 2 aliphatic rings. The van der Waals surface area contributed by atoms with Gasteiger partial charge in [-0.25, -0.2) is 4.79 Å². The molecule has 8 heteroatoms. The molecule has 1 N–H and O–H groups in total. The van der Waals surface area contributed by atoms with E-state index in [2.05, 4.69) is 23.5 Å². The van der Waals surface area contributed by atoms with Crippen molar-refractivity contribution in [3.05, 3.63) is 71.4 Å². The summed E-state index contributed by atoms with van der Waals surface area (Å²) < 4.78 is 7.59. The third-order valence-corrected chi connectivity index (χ3v) is 8.67. The van der Waals surface area contributed by atoms with Gasteiger partial charge in [-0.1, -0.05) is 42.5 Å². The van der Waals surface area contributed by atoms with Crippen LogP contribution in [0.3, 0.4) is 0 Å². The molecular weight excluding hydrogens is 516 g/mol. The highest BCUT2D eigenvalue weighted by Gasteiger charge is 2.48. The summed E-state index contributed by atoms with van der Waals surface area (Å²) in [5.41, 5.74) is 3.63. The molecule has 1 aliphatic carbocycles. The van der Waals surface area contributed by atoms with Gasteiger partial charge in [-0.15, -0.1) is 0 Å². The van der Waals surface area contributed by atoms with Crippen LogP contribution >= 0.6 is 0 Å². The molecule has 2 atom stereocenters. The molecule has 0 radical (unpaired) electrons. The van der Waals surface area contributed by atoms with Crippen molar-refractivity contribution in [2.75, 3.05) is 27.2 Å². The molecule has 0 bridgehead atoms. The Morgan fingerprint density at radius 1 is 1.05 bits per heavy atom. The first kappa shape index (κ1) is 28.7. The van der Waals surface area contributed by atoms with Gasteiger partial charge in [0.15, 0.2) is 0 Å². The summed E-state index contributed by atoms with van der Waals surface area (Å²) >= 11 is 0. The van der Waals surface area contributed by atoms with Crippen LogP contribution in [-0.4, -0.2) is 71.1 Å². The molecule has 1 saturated heterocycles. The van der Waals surface area contributed by atoms with Crippen molar-refractivity contribution in [3.8, 4) is 0 Å². The summed E-state index contributed by atoms with van der Waals surface area (Å²) in [5.74, 6) is -0.133. The summed E-state index contributed by atoms with van der Waals surface area (Å²) in [5, 5.41) is 3.96. The van der Waals surface area contributed by atoms with E-state index < -0.39 is 17.7 Å². The molecule has 3 aromatic rings. The molecule has 3 amide bonds. The van der Waals surface area contributed by atoms with Gasteiger partial charge in [0.05, 0.1) is 5.92 Å². The van der Waals surface area contributed by atoms with Crippen molar-refractivity contribution in [2.45, 2.75) is 69.4 Å². The molecule has 2 aromatic carbocycles. The molecular formula is C33H42N4O4. The van der Waals surface area contributed by atoms with E-state index in [1.807, 2.05) is 87.9 Å². The van der Waals surface area contributed by atoms with Crippen LogP contribution in [0.2, 0.25) is 0 Å². The van der Waals surface area contributed by atoms with Crippen LogP contribution in [0.5, 0.6) is 0 Å². The van der Waals surface area contributed by atoms with Crippen LogP contribution in [0.15, 0.2) is 54.7 Å². The lowest BCUT2D eigenvalue weighted by molar-refractivity contribution is -0.135. The number of para-hydroxylation sites is 1. The van der Waals surface area contributed by atoms with Gasteiger partial charge < -0.3 is 24.4 Å². The molecule has 5 rings (SSSR count). The molecule has 1 aliphatic heterocycles. The van der Waals surface area contributed by atoms with Crippen molar-refractivity contribution in [3.63, 3.8) is 0 Å². The normalized spacial score (nSPS) is 18.7. The summed E-state index contributed by atoms with van der Waals surface area (Å²) in [6.45, 7) is 6.57. The number of nitrogens with zero attached hydrogens (tertiary/aromatic N) is 3. The van der Waals surface area contributed by atoms with Crippen molar-refractivity contribution >= 4 is 28.8 Å².